The highest BCUT2D eigenvalue weighted by Gasteiger charge is 2.35. The zero-order chi connectivity index (χ0) is 7.78. The van der Waals surface area contributed by atoms with Crippen molar-refractivity contribution in [2.24, 2.45) is 0 Å². The van der Waals surface area contributed by atoms with Crippen LogP contribution in [0.4, 0.5) is 4.79 Å². The smallest absolute Gasteiger partial charge is 0.407 e. The molecule has 1 aliphatic heterocycles. The third kappa shape index (κ3) is 1.42. The Labute approximate surface area is 68.3 Å². The number of cyclic esters (lactones) is 1. The van der Waals surface area contributed by atoms with Crippen LogP contribution in [0.15, 0.2) is 0 Å². The van der Waals surface area contributed by atoms with Crippen LogP contribution >= 0.6 is 15.9 Å². The molecule has 4 heteroatoms. The van der Waals surface area contributed by atoms with E-state index in [-0.39, 0.29) is 16.5 Å². The number of amides is 1. The molecule has 1 heterocycles. The van der Waals surface area contributed by atoms with Crippen molar-refractivity contribution in [2.45, 2.75) is 24.3 Å². The number of alkyl carbamates (subject to hydrolysis) is 1. The van der Waals surface area contributed by atoms with Gasteiger partial charge in [-0.1, -0.05) is 15.9 Å². The lowest BCUT2D eigenvalue weighted by Gasteiger charge is -2.34. The van der Waals surface area contributed by atoms with E-state index in [0.29, 0.717) is 6.54 Å². The molecule has 0 radical (unpaired) electrons. The highest BCUT2D eigenvalue weighted by molar-refractivity contribution is 9.09. The van der Waals surface area contributed by atoms with Crippen LogP contribution in [0.1, 0.15) is 13.8 Å². The Morgan fingerprint density at radius 1 is 1.80 bits per heavy atom. The number of halogens is 1. The van der Waals surface area contributed by atoms with Gasteiger partial charge in [0.05, 0.1) is 4.83 Å². The molecule has 0 aromatic rings. The molecule has 10 heavy (non-hydrogen) atoms. The number of alkyl halides is 1. The lowest BCUT2D eigenvalue weighted by atomic mass is 10.0. The topological polar surface area (TPSA) is 38.3 Å². The summed E-state index contributed by atoms with van der Waals surface area (Å²) in [7, 11) is 0. The first-order valence-electron chi connectivity index (χ1n) is 3.13. The minimum atomic E-state index is -0.387. The molecule has 1 saturated heterocycles. The summed E-state index contributed by atoms with van der Waals surface area (Å²) in [6, 6.07) is 0. The maximum atomic E-state index is 10.7. The monoisotopic (exact) mass is 207 g/mol. The SMILES string of the molecule is CC1(C)OC(=O)NCC1Br. The van der Waals surface area contributed by atoms with Gasteiger partial charge in [0.25, 0.3) is 0 Å². The molecule has 0 bridgehead atoms. The normalized spacial score (nSPS) is 30.7. The van der Waals surface area contributed by atoms with Gasteiger partial charge in [-0.2, -0.15) is 0 Å². The van der Waals surface area contributed by atoms with Gasteiger partial charge in [-0.15, -0.1) is 0 Å². The Hall–Kier alpha value is -0.250. The van der Waals surface area contributed by atoms with Gasteiger partial charge in [0.15, 0.2) is 0 Å². The molecule has 0 saturated carbocycles. The number of hydrogen-bond donors (Lipinski definition) is 1. The number of carbonyl (C=O) groups is 1. The summed E-state index contributed by atoms with van der Waals surface area (Å²) in [6.45, 7) is 4.39. The molecule has 1 rings (SSSR count). The van der Waals surface area contributed by atoms with Gasteiger partial charge in [0.2, 0.25) is 0 Å². The molecule has 0 spiro atoms. The number of nitrogens with one attached hydrogen (secondary N) is 1. The summed E-state index contributed by atoms with van der Waals surface area (Å²) in [5.41, 5.74) is -0.387. The summed E-state index contributed by atoms with van der Waals surface area (Å²) in [6.07, 6.45) is -0.333. The van der Waals surface area contributed by atoms with Crippen LogP contribution in [0.5, 0.6) is 0 Å². The summed E-state index contributed by atoms with van der Waals surface area (Å²) >= 11 is 3.40. The second-order valence-corrected chi connectivity index (χ2v) is 3.95. The third-order valence-corrected chi connectivity index (χ3v) is 2.96. The minimum absolute atomic E-state index is 0.192. The average Bonchev–Trinajstić information content (AvgIpc) is 1.78. The molecule has 1 amide bonds. The van der Waals surface area contributed by atoms with Crippen LogP contribution in [0.2, 0.25) is 0 Å². The van der Waals surface area contributed by atoms with E-state index < -0.39 is 0 Å². The first-order valence-corrected chi connectivity index (χ1v) is 4.05. The molecule has 1 fully saturated rings. The van der Waals surface area contributed by atoms with E-state index in [4.69, 9.17) is 4.74 Å². The fourth-order valence-corrected chi connectivity index (χ4v) is 1.01. The van der Waals surface area contributed by atoms with Crippen molar-refractivity contribution in [2.75, 3.05) is 6.54 Å². The van der Waals surface area contributed by atoms with Crippen LogP contribution in [0.25, 0.3) is 0 Å². The standard InChI is InChI=1S/C6H10BrNO2/c1-6(2)4(7)3-8-5(9)10-6/h4H,3H2,1-2H3,(H,8,9). The van der Waals surface area contributed by atoms with Crippen LogP contribution in [0.3, 0.4) is 0 Å². The second-order valence-electron chi connectivity index (χ2n) is 2.84. The van der Waals surface area contributed by atoms with Gasteiger partial charge < -0.3 is 10.1 Å². The van der Waals surface area contributed by atoms with E-state index in [0.717, 1.165) is 0 Å². The number of rotatable bonds is 0. The van der Waals surface area contributed by atoms with Crippen LogP contribution in [-0.4, -0.2) is 23.1 Å². The Bertz CT molecular complexity index is 158. The van der Waals surface area contributed by atoms with Gasteiger partial charge in [-0.3, -0.25) is 0 Å². The molecule has 0 aromatic carbocycles. The highest BCUT2D eigenvalue weighted by Crippen LogP contribution is 2.24. The molecule has 58 valence electrons. The zero-order valence-corrected chi connectivity index (χ0v) is 7.56. The Balaban J connectivity index is 2.63. The van der Waals surface area contributed by atoms with Crippen molar-refractivity contribution in [1.82, 2.24) is 5.32 Å². The van der Waals surface area contributed by atoms with Crippen molar-refractivity contribution in [3.63, 3.8) is 0 Å². The molecular formula is C6H10BrNO2. The first-order chi connectivity index (χ1) is 4.52. The maximum absolute atomic E-state index is 10.7. The second kappa shape index (κ2) is 2.42. The van der Waals surface area contributed by atoms with Gasteiger partial charge >= 0.3 is 6.09 Å². The molecule has 1 atom stereocenters. The molecule has 1 aliphatic rings. The predicted molar refractivity (Wildman–Crippen MR) is 41.3 cm³/mol. The maximum Gasteiger partial charge on any atom is 0.407 e. The number of carbonyl (C=O) groups excluding carboxylic acids is 1. The molecule has 1 unspecified atom stereocenters. The Kier molecular flexibility index (Phi) is 1.90. The lowest BCUT2D eigenvalue weighted by Crippen LogP contribution is -2.51. The van der Waals surface area contributed by atoms with E-state index in [2.05, 4.69) is 21.2 Å². The van der Waals surface area contributed by atoms with Crippen molar-refractivity contribution in [1.29, 1.82) is 0 Å². The number of ether oxygens (including phenoxy) is 1. The fraction of sp³-hybridized carbons (Fsp3) is 0.833. The first kappa shape index (κ1) is 7.85. The predicted octanol–water partition coefficient (Wildman–Crippen LogP) is 1.27. The van der Waals surface area contributed by atoms with Crippen molar-refractivity contribution in [3.8, 4) is 0 Å². The van der Waals surface area contributed by atoms with Crippen molar-refractivity contribution in [3.05, 3.63) is 0 Å². The molecular weight excluding hydrogens is 198 g/mol. The van der Waals surface area contributed by atoms with E-state index in [1.807, 2.05) is 13.8 Å². The summed E-state index contributed by atoms with van der Waals surface area (Å²) in [5, 5.41) is 2.58. The molecule has 0 aliphatic carbocycles. The van der Waals surface area contributed by atoms with Crippen molar-refractivity contribution >= 4 is 22.0 Å². The molecule has 1 N–H and O–H groups in total. The molecule has 3 nitrogen and oxygen atoms in total. The summed E-state index contributed by atoms with van der Waals surface area (Å²) in [5.74, 6) is 0. The minimum Gasteiger partial charge on any atom is -0.442 e. The Morgan fingerprint density at radius 2 is 2.40 bits per heavy atom. The quantitative estimate of drug-likeness (QED) is 0.608. The van der Waals surface area contributed by atoms with Crippen LogP contribution in [0, 0.1) is 0 Å². The van der Waals surface area contributed by atoms with Crippen molar-refractivity contribution < 1.29 is 9.53 Å². The highest BCUT2D eigenvalue weighted by atomic mass is 79.9. The van der Waals surface area contributed by atoms with Crippen LogP contribution < -0.4 is 5.32 Å². The van der Waals surface area contributed by atoms with E-state index >= 15 is 0 Å². The Morgan fingerprint density at radius 3 is 2.80 bits per heavy atom. The van der Waals surface area contributed by atoms with E-state index in [1.165, 1.54) is 0 Å². The summed E-state index contributed by atoms with van der Waals surface area (Å²) in [4.78, 5) is 10.9. The number of hydrogen-bond acceptors (Lipinski definition) is 2. The van der Waals surface area contributed by atoms with E-state index in [9.17, 15) is 4.79 Å². The van der Waals surface area contributed by atoms with E-state index in [1.54, 1.807) is 0 Å². The molecule has 0 aromatic heterocycles. The van der Waals surface area contributed by atoms with Gasteiger partial charge in [0.1, 0.15) is 5.60 Å². The summed E-state index contributed by atoms with van der Waals surface area (Å²) < 4.78 is 4.99. The third-order valence-electron chi connectivity index (χ3n) is 1.54. The van der Waals surface area contributed by atoms with Gasteiger partial charge in [0, 0.05) is 6.54 Å². The fourth-order valence-electron chi connectivity index (χ4n) is 0.758. The van der Waals surface area contributed by atoms with Gasteiger partial charge in [-0.05, 0) is 13.8 Å². The lowest BCUT2D eigenvalue weighted by molar-refractivity contribution is 0.0212. The van der Waals surface area contributed by atoms with Gasteiger partial charge in [-0.25, -0.2) is 4.79 Å². The average molecular weight is 208 g/mol. The zero-order valence-electron chi connectivity index (χ0n) is 5.98. The van der Waals surface area contributed by atoms with Crippen LogP contribution in [-0.2, 0) is 4.74 Å². The largest absolute Gasteiger partial charge is 0.442 e.